The fourth-order valence-electron chi connectivity index (χ4n) is 3.28. The highest BCUT2D eigenvalue weighted by molar-refractivity contribution is 5.84. The quantitative estimate of drug-likeness (QED) is 0.491. The summed E-state index contributed by atoms with van der Waals surface area (Å²) in [6.07, 6.45) is -2.95. The van der Waals surface area contributed by atoms with Gasteiger partial charge in [-0.1, -0.05) is 24.3 Å². The molecule has 0 bridgehead atoms. The SMILES string of the molecule is OCc1cccc(-n2ncc3ccc(-c4cccc(CCCC(F)(F)F)n4)cc32)n1. The lowest BCUT2D eigenvalue weighted by Crippen LogP contribution is -2.07. The fourth-order valence-corrected chi connectivity index (χ4v) is 3.28. The zero-order valence-electron chi connectivity index (χ0n) is 16.0. The van der Waals surface area contributed by atoms with E-state index in [4.69, 9.17) is 0 Å². The zero-order chi connectivity index (χ0) is 21.1. The predicted molar refractivity (Wildman–Crippen MR) is 107 cm³/mol. The summed E-state index contributed by atoms with van der Waals surface area (Å²) in [5.74, 6) is 0.586. The van der Waals surface area contributed by atoms with E-state index in [0.717, 1.165) is 16.5 Å². The van der Waals surface area contributed by atoms with Crippen LogP contribution >= 0.6 is 0 Å². The van der Waals surface area contributed by atoms with Gasteiger partial charge in [-0.15, -0.1) is 0 Å². The highest BCUT2D eigenvalue weighted by Crippen LogP contribution is 2.26. The van der Waals surface area contributed by atoms with Crippen LogP contribution in [-0.2, 0) is 13.0 Å². The summed E-state index contributed by atoms with van der Waals surface area (Å²) in [7, 11) is 0. The number of benzene rings is 1. The number of alkyl halides is 3. The van der Waals surface area contributed by atoms with Crippen molar-refractivity contribution >= 4 is 10.9 Å². The molecule has 3 aromatic heterocycles. The Morgan fingerprint density at radius 2 is 1.73 bits per heavy atom. The molecular formula is C22H19F3N4O. The van der Waals surface area contributed by atoms with Crippen LogP contribution in [0.15, 0.2) is 60.8 Å². The molecule has 30 heavy (non-hydrogen) atoms. The van der Waals surface area contributed by atoms with E-state index in [9.17, 15) is 18.3 Å². The average Bonchev–Trinajstić information content (AvgIpc) is 3.16. The maximum absolute atomic E-state index is 12.4. The van der Waals surface area contributed by atoms with E-state index in [1.165, 1.54) is 0 Å². The standard InChI is InChI=1S/C22H19F3N4O/c23-22(24,25)11-3-6-17-4-1-7-19(27-17)15-9-10-16-13-26-29(20(16)12-15)21-8-2-5-18(14-30)28-21/h1-2,4-5,7-10,12-13,30H,3,6,11,14H2. The van der Waals surface area contributed by atoms with Crippen LogP contribution in [-0.4, -0.2) is 31.0 Å². The molecule has 0 amide bonds. The van der Waals surface area contributed by atoms with Gasteiger partial charge in [0.25, 0.3) is 0 Å². The molecule has 4 aromatic rings. The van der Waals surface area contributed by atoms with Gasteiger partial charge in [0.15, 0.2) is 5.82 Å². The molecule has 0 radical (unpaired) electrons. The Balaban J connectivity index is 1.64. The molecule has 5 nitrogen and oxygen atoms in total. The molecule has 0 aliphatic rings. The third-order valence-corrected chi connectivity index (χ3v) is 4.74. The van der Waals surface area contributed by atoms with Gasteiger partial charge in [0.1, 0.15) is 0 Å². The van der Waals surface area contributed by atoms with Gasteiger partial charge in [-0.3, -0.25) is 4.98 Å². The molecule has 4 rings (SSSR count). The van der Waals surface area contributed by atoms with Crippen molar-refractivity contribution in [1.82, 2.24) is 19.7 Å². The molecule has 0 aliphatic carbocycles. The summed E-state index contributed by atoms with van der Waals surface area (Å²) in [5.41, 5.74) is 3.51. The van der Waals surface area contributed by atoms with E-state index in [0.29, 0.717) is 22.9 Å². The van der Waals surface area contributed by atoms with E-state index in [1.54, 1.807) is 41.2 Å². The first-order valence-electron chi connectivity index (χ1n) is 9.51. The molecule has 0 unspecified atom stereocenters. The number of aliphatic hydroxyl groups is 1. The van der Waals surface area contributed by atoms with Crippen molar-refractivity contribution in [2.24, 2.45) is 0 Å². The maximum atomic E-state index is 12.4. The number of hydrogen-bond acceptors (Lipinski definition) is 4. The lowest BCUT2D eigenvalue weighted by Gasteiger charge is -2.08. The Morgan fingerprint density at radius 1 is 0.933 bits per heavy atom. The molecule has 3 heterocycles. The van der Waals surface area contributed by atoms with Crippen LogP contribution in [0.2, 0.25) is 0 Å². The van der Waals surface area contributed by atoms with Gasteiger partial charge in [-0.05, 0) is 43.2 Å². The van der Waals surface area contributed by atoms with Gasteiger partial charge in [-0.2, -0.15) is 18.3 Å². The van der Waals surface area contributed by atoms with E-state index in [1.807, 2.05) is 24.3 Å². The van der Waals surface area contributed by atoms with E-state index in [2.05, 4.69) is 15.1 Å². The topological polar surface area (TPSA) is 63.8 Å². The number of aliphatic hydroxyl groups excluding tert-OH is 1. The Hall–Kier alpha value is -3.26. The lowest BCUT2D eigenvalue weighted by molar-refractivity contribution is -0.135. The summed E-state index contributed by atoms with van der Waals surface area (Å²) in [5, 5.41) is 14.7. The third kappa shape index (κ3) is 4.49. The van der Waals surface area contributed by atoms with Crippen LogP contribution in [0.1, 0.15) is 24.2 Å². The molecule has 0 saturated heterocycles. The van der Waals surface area contributed by atoms with Crippen molar-refractivity contribution < 1.29 is 18.3 Å². The minimum absolute atomic E-state index is 0.0125. The third-order valence-electron chi connectivity index (χ3n) is 4.74. The normalized spacial score (nSPS) is 11.9. The highest BCUT2D eigenvalue weighted by atomic mass is 19.4. The second kappa shape index (κ2) is 8.23. The molecule has 0 spiro atoms. The summed E-state index contributed by atoms with van der Waals surface area (Å²) in [6, 6.07) is 16.5. The second-order valence-corrected chi connectivity index (χ2v) is 6.96. The highest BCUT2D eigenvalue weighted by Gasteiger charge is 2.26. The van der Waals surface area contributed by atoms with Gasteiger partial charge < -0.3 is 5.11 Å². The number of halogens is 3. The van der Waals surface area contributed by atoms with Crippen molar-refractivity contribution in [2.75, 3.05) is 0 Å². The number of aromatic nitrogens is 4. The smallest absolute Gasteiger partial charge is 0.389 e. The van der Waals surface area contributed by atoms with Crippen molar-refractivity contribution in [1.29, 1.82) is 0 Å². The zero-order valence-corrected chi connectivity index (χ0v) is 16.0. The Morgan fingerprint density at radius 3 is 2.53 bits per heavy atom. The number of hydrogen-bond donors (Lipinski definition) is 1. The van der Waals surface area contributed by atoms with Gasteiger partial charge >= 0.3 is 6.18 Å². The lowest BCUT2D eigenvalue weighted by atomic mass is 10.1. The van der Waals surface area contributed by atoms with Gasteiger partial charge in [0, 0.05) is 23.1 Å². The molecule has 0 aliphatic heterocycles. The van der Waals surface area contributed by atoms with Gasteiger partial charge in [-0.25, -0.2) is 9.67 Å². The molecular weight excluding hydrogens is 393 g/mol. The number of pyridine rings is 2. The number of aryl methyl sites for hydroxylation is 1. The number of rotatable bonds is 6. The molecule has 8 heteroatoms. The second-order valence-electron chi connectivity index (χ2n) is 6.96. The number of fused-ring (bicyclic) bond motifs is 1. The molecule has 154 valence electrons. The molecule has 1 N–H and O–H groups in total. The average molecular weight is 412 g/mol. The predicted octanol–water partition coefficient (Wildman–Crippen LogP) is 4.86. The monoisotopic (exact) mass is 412 g/mol. The first-order valence-corrected chi connectivity index (χ1v) is 9.51. The van der Waals surface area contributed by atoms with Crippen LogP contribution in [0.4, 0.5) is 13.2 Å². The maximum Gasteiger partial charge on any atom is 0.389 e. The summed E-state index contributed by atoms with van der Waals surface area (Å²) >= 11 is 0. The largest absolute Gasteiger partial charge is 0.390 e. The van der Waals surface area contributed by atoms with Crippen LogP contribution in [0, 0.1) is 0 Å². The van der Waals surface area contributed by atoms with Gasteiger partial charge in [0.2, 0.25) is 0 Å². The minimum Gasteiger partial charge on any atom is -0.390 e. The Labute approximate surface area is 170 Å². The molecule has 0 fully saturated rings. The molecule has 0 atom stereocenters. The first-order chi connectivity index (χ1) is 14.4. The first kappa shape index (κ1) is 20.0. The van der Waals surface area contributed by atoms with Crippen LogP contribution < -0.4 is 0 Å². The molecule has 0 saturated carbocycles. The van der Waals surface area contributed by atoms with Crippen LogP contribution in [0.25, 0.3) is 28.0 Å². The minimum atomic E-state index is -4.15. The van der Waals surface area contributed by atoms with E-state index in [-0.39, 0.29) is 19.4 Å². The van der Waals surface area contributed by atoms with E-state index >= 15 is 0 Å². The van der Waals surface area contributed by atoms with Crippen molar-refractivity contribution in [3.05, 3.63) is 72.2 Å². The van der Waals surface area contributed by atoms with Crippen molar-refractivity contribution in [3.8, 4) is 17.1 Å². The number of nitrogens with zero attached hydrogens (tertiary/aromatic N) is 4. The summed E-state index contributed by atoms with van der Waals surface area (Å²) < 4.78 is 38.9. The van der Waals surface area contributed by atoms with Crippen molar-refractivity contribution in [2.45, 2.75) is 32.0 Å². The Kier molecular flexibility index (Phi) is 5.50. The van der Waals surface area contributed by atoms with Crippen LogP contribution in [0.5, 0.6) is 0 Å². The van der Waals surface area contributed by atoms with Gasteiger partial charge in [0.05, 0.1) is 29.7 Å². The summed E-state index contributed by atoms with van der Waals surface area (Å²) in [4.78, 5) is 8.93. The van der Waals surface area contributed by atoms with Crippen molar-refractivity contribution in [3.63, 3.8) is 0 Å². The van der Waals surface area contributed by atoms with Crippen LogP contribution in [0.3, 0.4) is 0 Å². The fraction of sp³-hybridized carbons (Fsp3) is 0.227. The summed E-state index contributed by atoms with van der Waals surface area (Å²) in [6.45, 7) is -0.163. The molecule has 1 aromatic carbocycles. The van der Waals surface area contributed by atoms with E-state index < -0.39 is 12.6 Å². The Bertz CT molecular complexity index is 1170.